The van der Waals surface area contributed by atoms with Crippen molar-refractivity contribution in [1.82, 2.24) is 19.2 Å². The molecule has 1 unspecified atom stereocenters. The van der Waals surface area contributed by atoms with Crippen molar-refractivity contribution in [3.8, 4) is 0 Å². The van der Waals surface area contributed by atoms with Crippen molar-refractivity contribution in [2.45, 2.75) is 53.8 Å². The molecule has 2 atom stereocenters. The number of rotatable bonds is 10. The van der Waals surface area contributed by atoms with Crippen LogP contribution in [0.15, 0.2) is 57.6 Å². The van der Waals surface area contributed by atoms with Crippen LogP contribution >= 0.6 is 22.9 Å². The Bertz CT molecular complexity index is 1800. The lowest BCUT2D eigenvalue weighted by atomic mass is 10.1. The molecule has 5 rings (SSSR count). The molecule has 0 aliphatic carbocycles. The number of amides is 3. The number of sulfonamides is 2. The molecule has 0 spiro atoms. The Hall–Kier alpha value is -3.08. The molecule has 0 saturated carbocycles. The van der Waals surface area contributed by atoms with Crippen molar-refractivity contribution in [2.24, 2.45) is 0 Å². The Morgan fingerprint density at radius 3 is 2.43 bits per heavy atom. The average Bonchev–Trinajstić information content (AvgIpc) is 3.61. The highest BCUT2D eigenvalue weighted by Crippen LogP contribution is 2.31. The summed E-state index contributed by atoms with van der Waals surface area (Å²) >= 11 is 7.11. The summed E-state index contributed by atoms with van der Waals surface area (Å²) in [4.78, 5) is 40.8. The summed E-state index contributed by atoms with van der Waals surface area (Å²) < 4.78 is 57.9. The van der Waals surface area contributed by atoms with E-state index in [4.69, 9.17) is 11.6 Å². The Kier molecular flexibility index (Phi) is 9.63. The first-order chi connectivity index (χ1) is 20.8. The van der Waals surface area contributed by atoms with E-state index in [-0.39, 0.29) is 34.0 Å². The molecule has 236 valence electrons. The van der Waals surface area contributed by atoms with E-state index in [1.807, 2.05) is 0 Å². The van der Waals surface area contributed by atoms with Crippen LogP contribution in [0.4, 0.5) is 5.69 Å². The first-order valence-electron chi connectivity index (χ1n) is 14.0. The molecule has 16 heteroatoms. The number of likely N-dealkylation sites (tertiary alicyclic amines) is 2. The number of fused-ring (bicyclic) bond motifs is 1. The van der Waals surface area contributed by atoms with Gasteiger partial charge in [-0.1, -0.05) is 11.6 Å². The van der Waals surface area contributed by atoms with Crippen molar-refractivity contribution in [2.75, 3.05) is 31.5 Å². The number of carbonyl (C=O) groups excluding carboxylic acids is 3. The Morgan fingerprint density at radius 1 is 0.977 bits per heavy atom. The fourth-order valence-electron chi connectivity index (χ4n) is 5.41. The normalized spacial score (nSPS) is 19.5. The van der Waals surface area contributed by atoms with Crippen LogP contribution in [0.1, 0.15) is 32.6 Å². The maximum absolute atomic E-state index is 13.3. The lowest BCUT2D eigenvalue weighted by Gasteiger charge is -2.34. The highest BCUT2D eigenvalue weighted by molar-refractivity contribution is 7.91. The fraction of sp³-hybridized carbons (Fsp3) is 0.393. The van der Waals surface area contributed by atoms with Crippen molar-refractivity contribution in [3.63, 3.8) is 0 Å². The second-order valence-corrected chi connectivity index (χ2v) is 16.0. The molecule has 2 aliphatic heterocycles. The monoisotopic (exact) mass is 681 g/mol. The average molecular weight is 682 g/mol. The van der Waals surface area contributed by atoms with Gasteiger partial charge < -0.3 is 15.1 Å². The summed E-state index contributed by atoms with van der Waals surface area (Å²) in [6, 6.07) is 11.0. The number of carbonyl (C=O) groups is 3. The smallest absolute Gasteiger partial charge is 0.250 e. The first kappa shape index (κ1) is 32.3. The van der Waals surface area contributed by atoms with Crippen molar-refractivity contribution < 1.29 is 31.2 Å². The molecule has 2 fully saturated rings. The van der Waals surface area contributed by atoms with Gasteiger partial charge in [-0.2, -0.15) is 4.72 Å². The van der Waals surface area contributed by atoms with E-state index in [1.165, 1.54) is 42.2 Å². The molecule has 3 heterocycles. The zero-order valence-electron chi connectivity index (χ0n) is 23.8. The minimum absolute atomic E-state index is 0.00172. The number of hydrogen-bond donors (Lipinski definition) is 3. The second kappa shape index (κ2) is 13.1. The van der Waals surface area contributed by atoms with Gasteiger partial charge in [0, 0.05) is 48.0 Å². The maximum Gasteiger partial charge on any atom is 0.250 e. The van der Waals surface area contributed by atoms with Crippen LogP contribution in [0.3, 0.4) is 0 Å². The molecule has 3 aromatic rings. The van der Waals surface area contributed by atoms with E-state index in [2.05, 4.69) is 14.8 Å². The second-order valence-electron chi connectivity index (χ2n) is 10.8. The number of nitrogens with zero attached hydrogens (tertiary/aromatic N) is 2. The van der Waals surface area contributed by atoms with Gasteiger partial charge in [-0.15, -0.1) is 11.3 Å². The number of halogens is 1. The summed E-state index contributed by atoms with van der Waals surface area (Å²) in [5.74, 6) is -1.08. The van der Waals surface area contributed by atoms with E-state index in [1.54, 1.807) is 23.1 Å². The number of thiophene rings is 1. The highest BCUT2D eigenvalue weighted by atomic mass is 35.5. The Balaban J connectivity index is 1.18. The molecule has 44 heavy (non-hydrogen) atoms. The molecule has 1 aromatic heterocycles. The van der Waals surface area contributed by atoms with Gasteiger partial charge in [0.05, 0.1) is 11.4 Å². The number of piperidine rings is 1. The molecule has 0 bridgehead atoms. The third kappa shape index (κ3) is 7.41. The Morgan fingerprint density at radius 2 is 1.70 bits per heavy atom. The number of anilines is 1. The summed E-state index contributed by atoms with van der Waals surface area (Å²) in [5.41, 5.74) is 0.469. The van der Waals surface area contributed by atoms with E-state index in [9.17, 15) is 31.2 Å². The highest BCUT2D eigenvalue weighted by Gasteiger charge is 2.36. The number of benzene rings is 2. The first-order valence-corrected chi connectivity index (χ1v) is 18.2. The third-order valence-corrected chi connectivity index (χ3v) is 12.3. The molecule has 12 nitrogen and oxygen atoms in total. The van der Waals surface area contributed by atoms with Crippen LogP contribution in [-0.2, 0) is 34.4 Å². The van der Waals surface area contributed by atoms with Crippen LogP contribution in [0.2, 0.25) is 5.02 Å². The van der Waals surface area contributed by atoms with Gasteiger partial charge in [-0.3, -0.25) is 14.4 Å². The lowest BCUT2D eigenvalue weighted by Crippen LogP contribution is -2.55. The SMILES string of the molecule is CC(=O)Nc1ccc(S(=O)(=O)NC[C@@H]2CCCN2C(=O)CN2CCCC(NS(=O)(=O)c3cc4cc(Cl)ccc4s3)C2=O)cc1. The molecular weight excluding hydrogens is 650 g/mol. The molecule has 3 N–H and O–H groups in total. The van der Waals surface area contributed by atoms with Gasteiger partial charge in [0.2, 0.25) is 27.7 Å². The zero-order chi connectivity index (χ0) is 31.6. The summed E-state index contributed by atoms with van der Waals surface area (Å²) in [7, 11) is -7.87. The van der Waals surface area contributed by atoms with Crippen LogP contribution < -0.4 is 14.8 Å². The summed E-state index contributed by atoms with van der Waals surface area (Å²) in [6.07, 6.45) is 2.09. The molecule has 0 radical (unpaired) electrons. The predicted molar refractivity (Wildman–Crippen MR) is 167 cm³/mol. The topological polar surface area (TPSA) is 162 Å². The molecule has 2 aromatic carbocycles. The van der Waals surface area contributed by atoms with Crippen molar-refractivity contribution in [3.05, 3.63) is 53.6 Å². The van der Waals surface area contributed by atoms with Gasteiger partial charge in [0.25, 0.3) is 10.0 Å². The largest absolute Gasteiger partial charge is 0.337 e. The molecular formula is C28H32ClN5O7S3. The van der Waals surface area contributed by atoms with Crippen LogP contribution in [0, 0.1) is 0 Å². The predicted octanol–water partition coefficient (Wildman–Crippen LogP) is 2.75. The van der Waals surface area contributed by atoms with E-state index in [0.29, 0.717) is 54.9 Å². The maximum atomic E-state index is 13.3. The van der Waals surface area contributed by atoms with E-state index >= 15 is 0 Å². The quantitative estimate of drug-likeness (QED) is 0.296. The van der Waals surface area contributed by atoms with Gasteiger partial charge in [0.1, 0.15) is 10.3 Å². The van der Waals surface area contributed by atoms with Crippen LogP contribution in [0.25, 0.3) is 10.1 Å². The minimum atomic E-state index is -4.00. The summed E-state index contributed by atoms with van der Waals surface area (Å²) in [5, 5.41) is 3.75. The van der Waals surface area contributed by atoms with E-state index in [0.717, 1.165) is 16.0 Å². The van der Waals surface area contributed by atoms with Crippen LogP contribution in [-0.4, -0.2) is 82.6 Å². The Labute approximate surface area is 264 Å². The molecule has 2 aliphatic rings. The molecule has 2 saturated heterocycles. The fourth-order valence-corrected chi connectivity index (χ4v) is 9.29. The van der Waals surface area contributed by atoms with Gasteiger partial charge in [0.15, 0.2) is 0 Å². The third-order valence-electron chi connectivity index (χ3n) is 7.57. The number of hydrogen-bond acceptors (Lipinski definition) is 8. The standard InChI is InChI=1S/C28H32ClN5O7S3/c1-18(35)31-21-7-9-23(10-8-21)43(38,39)30-16-22-4-2-13-34(22)26(36)17-33-12-3-5-24(28(33)37)32-44(40,41)27-15-19-14-20(29)6-11-25(19)42-27/h6-11,14-15,22,24,30,32H,2-5,12-13,16-17H2,1H3,(H,31,35)/t22-,24?/m0/s1. The lowest BCUT2D eigenvalue weighted by molar-refractivity contribution is -0.143. The molecule has 3 amide bonds. The van der Waals surface area contributed by atoms with Crippen LogP contribution in [0.5, 0.6) is 0 Å². The van der Waals surface area contributed by atoms with Gasteiger partial charge >= 0.3 is 0 Å². The summed E-state index contributed by atoms with van der Waals surface area (Å²) in [6.45, 7) is 1.85. The van der Waals surface area contributed by atoms with Crippen molar-refractivity contribution >= 4 is 76.5 Å². The zero-order valence-corrected chi connectivity index (χ0v) is 27.0. The minimum Gasteiger partial charge on any atom is -0.337 e. The van der Waals surface area contributed by atoms with Gasteiger partial charge in [-0.25, -0.2) is 21.6 Å². The van der Waals surface area contributed by atoms with Gasteiger partial charge in [-0.05, 0) is 79.6 Å². The van der Waals surface area contributed by atoms with Crippen molar-refractivity contribution in [1.29, 1.82) is 0 Å². The number of nitrogens with one attached hydrogen (secondary N) is 3. The van der Waals surface area contributed by atoms with E-state index < -0.39 is 38.0 Å².